The SMILES string of the molecule is Cn1cc(C#N)c(Nc2ccc(C(F)(F)F)cc2[N+](=O)[O-])n1. The normalized spacial score (nSPS) is 11.0. The number of anilines is 2. The molecular weight excluding hydrogens is 303 g/mol. The Labute approximate surface area is 121 Å². The monoisotopic (exact) mass is 311 g/mol. The second-order valence-corrected chi connectivity index (χ2v) is 4.29. The highest BCUT2D eigenvalue weighted by Gasteiger charge is 2.33. The highest BCUT2D eigenvalue weighted by atomic mass is 19.4. The molecule has 0 fully saturated rings. The number of alkyl halides is 3. The van der Waals surface area contributed by atoms with Crippen molar-refractivity contribution in [2.75, 3.05) is 5.32 Å². The standard InChI is InChI=1S/C12H8F3N5O2/c1-19-6-7(5-16)11(18-19)17-9-3-2-8(12(13,14)15)4-10(9)20(21)22/h2-4,6H,1H3,(H,17,18). The van der Waals surface area contributed by atoms with Crippen LogP contribution in [0.3, 0.4) is 0 Å². The van der Waals surface area contributed by atoms with Crippen LogP contribution in [0.25, 0.3) is 0 Å². The Kier molecular flexibility index (Phi) is 3.73. The molecule has 1 aromatic carbocycles. The fourth-order valence-electron chi connectivity index (χ4n) is 1.75. The molecule has 0 aliphatic heterocycles. The van der Waals surface area contributed by atoms with Crippen molar-refractivity contribution in [1.29, 1.82) is 5.26 Å². The molecule has 0 aliphatic rings. The topological polar surface area (TPSA) is 96.8 Å². The van der Waals surface area contributed by atoms with E-state index >= 15 is 0 Å². The van der Waals surface area contributed by atoms with Crippen molar-refractivity contribution in [3.05, 3.63) is 45.6 Å². The molecule has 0 aliphatic carbocycles. The minimum Gasteiger partial charge on any atom is -0.332 e. The van der Waals surface area contributed by atoms with Gasteiger partial charge < -0.3 is 5.32 Å². The summed E-state index contributed by atoms with van der Waals surface area (Å²) in [6.45, 7) is 0. The van der Waals surface area contributed by atoms with Gasteiger partial charge in [-0.2, -0.15) is 23.5 Å². The van der Waals surface area contributed by atoms with E-state index in [-0.39, 0.29) is 17.1 Å². The first-order valence-electron chi connectivity index (χ1n) is 5.79. The Morgan fingerprint density at radius 1 is 1.45 bits per heavy atom. The smallest absolute Gasteiger partial charge is 0.332 e. The summed E-state index contributed by atoms with van der Waals surface area (Å²) < 4.78 is 39.1. The Morgan fingerprint density at radius 2 is 2.14 bits per heavy atom. The van der Waals surface area contributed by atoms with E-state index < -0.39 is 22.4 Å². The zero-order chi connectivity index (χ0) is 16.5. The van der Waals surface area contributed by atoms with E-state index in [1.54, 1.807) is 0 Å². The summed E-state index contributed by atoms with van der Waals surface area (Å²) in [6, 6.07) is 3.89. The number of aryl methyl sites for hydroxylation is 1. The maximum Gasteiger partial charge on any atom is 0.416 e. The van der Waals surface area contributed by atoms with Gasteiger partial charge in [0.15, 0.2) is 5.82 Å². The van der Waals surface area contributed by atoms with Gasteiger partial charge in [-0.25, -0.2) is 0 Å². The molecule has 10 heteroatoms. The van der Waals surface area contributed by atoms with Crippen LogP contribution >= 0.6 is 0 Å². The second-order valence-electron chi connectivity index (χ2n) is 4.29. The van der Waals surface area contributed by atoms with Crippen molar-refractivity contribution in [1.82, 2.24) is 9.78 Å². The third kappa shape index (κ3) is 2.98. The van der Waals surface area contributed by atoms with Gasteiger partial charge in [-0.3, -0.25) is 14.8 Å². The quantitative estimate of drug-likeness (QED) is 0.694. The molecule has 0 bridgehead atoms. The lowest BCUT2D eigenvalue weighted by Crippen LogP contribution is -2.07. The summed E-state index contributed by atoms with van der Waals surface area (Å²) in [7, 11) is 1.53. The number of nitriles is 1. The second kappa shape index (κ2) is 5.36. The molecule has 0 saturated heterocycles. The predicted octanol–water partition coefficient (Wildman–Crippen LogP) is 2.96. The Bertz CT molecular complexity index is 776. The molecule has 1 aromatic heterocycles. The fourth-order valence-corrected chi connectivity index (χ4v) is 1.75. The average Bonchev–Trinajstić information content (AvgIpc) is 2.77. The number of rotatable bonds is 3. The lowest BCUT2D eigenvalue weighted by atomic mass is 10.1. The molecule has 0 saturated carbocycles. The number of nitro groups is 1. The van der Waals surface area contributed by atoms with E-state index in [1.165, 1.54) is 17.9 Å². The third-order valence-electron chi connectivity index (χ3n) is 2.72. The van der Waals surface area contributed by atoms with E-state index in [0.717, 1.165) is 6.07 Å². The van der Waals surface area contributed by atoms with Crippen LogP contribution < -0.4 is 5.32 Å². The van der Waals surface area contributed by atoms with Crippen LogP contribution in [0.15, 0.2) is 24.4 Å². The predicted molar refractivity (Wildman–Crippen MR) is 69.3 cm³/mol. The van der Waals surface area contributed by atoms with Gasteiger partial charge in [0.2, 0.25) is 0 Å². The number of aromatic nitrogens is 2. The van der Waals surface area contributed by atoms with Crippen LogP contribution in [0.4, 0.5) is 30.4 Å². The molecule has 0 amide bonds. The van der Waals surface area contributed by atoms with Crippen LogP contribution in [-0.2, 0) is 13.2 Å². The van der Waals surface area contributed by atoms with Gasteiger partial charge in [-0.15, -0.1) is 0 Å². The van der Waals surface area contributed by atoms with Crippen molar-refractivity contribution in [3.8, 4) is 6.07 Å². The Morgan fingerprint density at radius 3 is 2.68 bits per heavy atom. The zero-order valence-corrected chi connectivity index (χ0v) is 11.0. The third-order valence-corrected chi connectivity index (χ3v) is 2.72. The van der Waals surface area contributed by atoms with Crippen LogP contribution in [0, 0.1) is 21.4 Å². The van der Waals surface area contributed by atoms with Crippen molar-refractivity contribution in [3.63, 3.8) is 0 Å². The molecule has 7 nitrogen and oxygen atoms in total. The molecule has 2 rings (SSSR count). The number of hydrogen-bond acceptors (Lipinski definition) is 5. The number of nitro benzene ring substituents is 1. The molecule has 114 valence electrons. The van der Waals surface area contributed by atoms with Crippen molar-refractivity contribution in [2.24, 2.45) is 7.05 Å². The summed E-state index contributed by atoms with van der Waals surface area (Å²) in [5.74, 6) is 0.0212. The van der Waals surface area contributed by atoms with Crippen LogP contribution in [0.1, 0.15) is 11.1 Å². The van der Waals surface area contributed by atoms with Gasteiger partial charge in [0, 0.05) is 19.3 Å². The summed E-state index contributed by atoms with van der Waals surface area (Å²) in [5, 5.41) is 26.3. The van der Waals surface area contributed by atoms with Gasteiger partial charge in [0.05, 0.1) is 10.5 Å². The summed E-state index contributed by atoms with van der Waals surface area (Å²) in [4.78, 5) is 10.0. The van der Waals surface area contributed by atoms with Crippen LogP contribution in [0.2, 0.25) is 0 Å². The van der Waals surface area contributed by atoms with Gasteiger partial charge >= 0.3 is 6.18 Å². The first kappa shape index (κ1) is 15.3. The first-order valence-corrected chi connectivity index (χ1v) is 5.79. The van der Waals surface area contributed by atoms with Gasteiger partial charge in [0.1, 0.15) is 17.3 Å². The lowest BCUT2D eigenvalue weighted by molar-refractivity contribution is -0.384. The zero-order valence-electron chi connectivity index (χ0n) is 11.0. The van der Waals surface area contributed by atoms with Crippen LogP contribution in [-0.4, -0.2) is 14.7 Å². The largest absolute Gasteiger partial charge is 0.416 e. The molecule has 0 radical (unpaired) electrons. The maximum absolute atomic E-state index is 12.6. The van der Waals surface area contributed by atoms with E-state index in [0.29, 0.717) is 12.1 Å². The van der Waals surface area contributed by atoms with Gasteiger partial charge in [-0.1, -0.05) is 0 Å². The minimum absolute atomic E-state index is 0.0212. The van der Waals surface area contributed by atoms with Gasteiger partial charge in [0.25, 0.3) is 5.69 Å². The highest BCUT2D eigenvalue weighted by Crippen LogP contribution is 2.36. The number of halogens is 3. The molecule has 1 N–H and O–H groups in total. The van der Waals surface area contributed by atoms with Crippen molar-refractivity contribution >= 4 is 17.2 Å². The van der Waals surface area contributed by atoms with E-state index in [2.05, 4.69) is 10.4 Å². The number of hydrogen-bond donors (Lipinski definition) is 1. The van der Waals surface area contributed by atoms with E-state index in [9.17, 15) is 23.3 Å². The number of nitrogens with one attached hydrogen (secondary N) is 1. The summed E-state index contributed by atoms with van der Waals surface area (Å²) in [6.07, 6.45) is -3.32. The van der Waals surface area contributed by atoms with Crippen LogP contribution in [0.5, 0.6) is 0 Å². The van der Waals surface area contributed by atoms with Crippen molar-refractivity contribution in [2.45, 2.75) is 6.18 Å². The maximum atomic E-state index is 12.6. The molecule has 1 heterocycles. The first-order chi connectivity index (χ1) is 10.2. The number of benzene rings is 1. The molecule has 22 heavy (non-hydrogen) atoms. The lowest BCUT2D eigenvalue weighted by Gasteiger charge is -2.09. The molecule has 0 unspecified atom stereocenters. The average molecular weight is 311 g/mol. The molecular formula is C12H8F3N5O2. The van der Waals surface area contributed by atoms with Crippen molar-refractivity contribution < 1.29 is 18.1 Å². The Hall–Kier alpha value is -3.09. The van der Waals surface area contributed by atoms with E-state index in [1.807, 2.05) is 6.07 Å². The summed E-state index contributed by atoms with van der Waals surface area (Å²) in [5.41, 5.74) is -1.97. The minimum atomic E-state index is -4.69. The molecule has 0 atom stereocenters. The van der Waals surface area contributed by atoms with E-state index in [4.69, 9.17) is 5.26 Å². The molecule has 0 spiro atoms. The summed E-state index contributed by atoms with van der Waals surface area (Å²) >= 11 is 0. The fraction of sp³-hybridized carbons (Fsp3) is 0.167. The Balaban J connectivity index is 2.47. The highest BCUT2D eigenvalue weighted by molar-refractivity contribution is 5.71. The van der Waals surface area contributed by atoms with Gasteiger partial charge in [-0.05, 0) is 12.1 Å². The molecule has 2 aromatic rings. The number of nitrogens with zero attached hydrogens (tertiary/aromatic N) is 4.